The fourth-order valence-electron chi connectivity index (χ4n) is 2.62. The summed E-state index contributed by atoms with van der Waals surface area (Å²) in [6, 6.07) is 7.99. The van der Waals surface area contributed by atoms with Gasteiger partial charge >= 0.3 is 0 Å². The Kier molecular flexibility index (Phi) is 7.99. The van der Waals surface area contributed by atoms with Crippen molar-refractivity contribution >= 4 is 24.0 Å². The van der Waals surface area contributed by atoms with E-state index in [0.717, 1.165) is 45.0 Å². The molecule has 1 aliphatic heterocycles. The average molecular weight is 342 g/mol. The lowest BCUT2D eigenvalue weighted by atomic mass is 9.96. The number of carbonyl (C=O) groups is 1. The largest absolute Gasteiger partial charge is 0.379 e. The molecule has 0 aromatic heterocycles. The summed E-state index contributed by atoms with van der Waals surface area (Å²) in [5, 5.41) is 2.90. The maximum atomic E-state index is 12.2. The third-order valence-electron chi connectivity index (χ3n) is 4.01. The molecule has 1 aliphatic rings. The van der Waals surface area contributed by atoms with Gasteiger partial charge in [0.2, 0.25) is 5.91 Å². The standard InChI is InChI=1S/C17H27N3O2.ClH/c1-3-8-17(2,18)16(21)19-15-6-4-14(5-7-15)13-20-9-11-22-12-10-20;/h4-7H,3,8-13,18H2,1-2H3,(H,19,21);1H. The van der Waals surface area contributed by atoms with Crippen LogP contribution in [0.3, 0.4) is 0 Å². The van der Waals surface area contributed by atoms with Crippen LogP contribution in [0.1, 0.15) is 32.3 Å². The van der Waals surface area contributed by atoms with Gasteiger partial charge in [0.1, 0.15) is 0 Å². The summed E-state index contributed by atoms with van der Waals surface area (Å²) in [6.45, 7) is 8.28. The Hall–Kier alpha value is -1.14. The van der Waals surface area contributed by atoms with E-state index in [-0.39, 0.29) is 18.3 Å². The quantitative estimate of drug-likeness (QED) is 0.833. The number of halogens is 1. The third-order valence-corrected chi connectivity index (χ3v) is 4.01. The SMILES string of the molecule is CCCC(C)(N)C(=O)Nc1ccc(CN2CCOCC2)cc1.Cl. The van der Waals surface area contributed by atoms with Gasteiger partial charge in [-0.1, -0.05) is 25.5 Å². The Morgan fingerprint density at radius 1 is 1.30 bits per heavy atom. The highest BCUT2D eigenvalue weighted by Crippen LogP contribution is 2.16. The Labute approximate surface area is 145 Å². The first-order valence-electron chi connectivity index (χ1n) is 8.00. The van der Waals surface area contributed by atoms with Crippen molar-refractivity contribution in [3.8, 4) is 0 Å². The number of nitrogens with zero attached hydrogens (tertiary/aromatic N) is 1. The number of rotatable bonds is 6. The van der Waals surface area contributed by atoms with Crippen LogP contribution in [0.25, 0.3) is 0 Å². The molecular formula is C17H28ClN3O2. The maximum absolute atomic E-state index is 12.2. The highest BCUT2D eigenvalue weighted by Gasteiger charge is 2.27. The van der Waals surface area contributed by atoms with Gasteiger partial charge in [-0.05, 0) is 31.0 Å². The van der Waals surface area contributed by atoms with Crippen LogP contribution in [0.2, 0.25) is 0 Å². The Balaban J connectivity index is 0.00000264. The summed E-state index contributed by atoms with van der Waals surface area (Å²) in [5.41, 5.74) is 7.26. The fourth-order valence-corrected chi connectivity index (χ4v) is 2.62. The summed E-state index contributed by atoms with van der Waals surface area (Å²) >= 11 is 0. The minimum absolute atomic E-state index is 0. The Bertz CT molecular complexity index is 485. The van der Waals surface area contributed by atoms with Crippen LogP contribution in [0.15, 0.2) is 24.3 Å². The van der Waals surface area contributed by atoms with Gasteiger partial charge in [-0.2, -0.15) is 0 Å². The first-order valence-corrected chi connectivity index (χ1v) is 8.00. The van der Waals surface area contributed by atoms with Crippen molar-refractivity contribution in [1.29, 1.82) is 0 Å². The summed E-state index contributed by atoms with van der Waals surface area (Å²) in [6.07, 6.45) is 1.56. The lowest BCUT2D eigenvalue weighted by molar-refractivity contribution is -0.120. The number of ether oxygens (including phenoxy) is 1. The third kappa shape index (κ3) is 6.11. The van der Waals surface area contributed by atoms with Crippen molar-refractivity contribution in [1.82, 2.24) is 4.90 Å². The highest BCUT2D eigenvalue weighted by atomic mass is 35.5. The van der Waals surface area contributed by atoms with Gasteiger partial charge in [-0.3, -0.25) is 9.69 Å². The fraction of sp³-hybridized carbons (Fsp3) is 0.588. The van der Waals surface area contributed by atoms with E-state index in [0.29, 0.717) is 6.42 Å². The number of carbonyl (C=O) groups excluding carboxylic acids is 1. The topological polar surface area (TPSA) is 67.6 Å². The minimum Gasteiger partial charge on any atom is -0.379 e. The van der Waals surface area contributed by atoms with E-state index in [1.165, 1.54) is 5.56 Å². The van der Waals surface area contributed by atoms with E-state index >= 15 is 0 Å². The van der Waals surface area contributed by atoms with E-state index in [1.54, 1.807) is 6.92 Å². The van der Waals surface area contributed by atoms with Gasteiger partial charge in [0, 0.05) is 25.3 Å². The van der Waals surface area contributed by atoms with Crippen molar-refractivity contribution in [2.45, 2.75) is 38.8 Å². The molecule has 1 aromatic carbocycles. The normalized spacial score (nSPS) is 17.9. The molecule has 1 aromatic rings. The zero-order valence-corrected chi connectivity index (χ0v) is 14.8. The lowest BCUT2D eigenvalue weighted by Crippen LogP contribution is -2.48. The number of nitrogens with two attached hydrogens (primary N) is 1. The summed E-state index contributed by atoms with van der Waals surface area (Å²) in [4.78, 5) is 14.5. The second-order valence-electron chi connectivity index (χ2n) is 6.21. The van der Waals surface area contributed by atoms with Crippen LogP contribution in [0.4, 0.5) is 5.69 Å². The molecule has 0 saturated carbocycles. The zero-order chi connectivity index (χ0) is 16.0. The maximum Gasteiger partial charge on any atom is 0.244 e. The molecule has 0 aliphatic carbocycles. The van der Waals surface area contributed by atoms with Gasteiger partial charge in [-0.15, -0.1) is 12.4 Å². The molecule has 5 nitrogen and oxygen atoms in total. The first-order chi connectivity index (χ1) is 10.5. The number of hydrogen-bond donors (Lipinski definition) is 2. The van der Waals surface area contributed by atoms with Crippen molar-refractivity contribution < 1.29 is 9.53 Å². The molecule has 1 saturated heterocycles. The molecule has 1 fully saturated rings. The number of nitrogens with one attached hydrogen (secondary N) is 1. The molecular weight excluding hydrogens is 314 g/mol. The van der Waals surface area contributed by atoms with E-state index in [1.807, 2.05) is 19.1 Å². The molecule has 6 heteroatoms. The van der Waals surface area contributed by atoms with Gasteiger partial charge in [0.15, 0.2) is 0 Å². The number of amides is 1. The van der Waals surface area contributed by atoms with Crippen molar-refractivity contribution in [3.05, 3.63) is 29.8 Å². The van der Waals surface area contributed by atoms with Crippen molar-refractivity contribution in [2.24, 2.45) is 5.73 Å². The second kappa shape index (κ2) is 9.23. The van der Waals surface area contributed by atoms with Crippen LogP contribution >= 0.6 is 12.4 Å². The van der Waals surface area contributed by atoms with Crippen LogP contribution in [0, 0.1) is 0 Å². The molecule has 1 atom stereocenters. The minimum atomic E-state index is -0.818. The summed E-state index contributed by atoms with van der Waals surface area (Å²) in [5.74, 6) is -0.129. The molecule has 1 amide bonds. The summed E-state index contributed by atoms with van der Waals surface area (Å²) < 4.78 is 5.35. The number of benzene rings is 1. The van der Waals surface area contributed by atoms with Crippen LogP contribution in [-0.2, 0) is 16.1 Å². The number of hydrogen-bond acceptors (Lipinski definition) is 4. The molecule has 1 heterocycles. The van der Waals surface area contributed by atoms with Crippen molar-refractivity contribution in [2.75, 3.05) is 31.6 Å². The molecule has 2 rings (SSSR count). The van der Waals surface area contributed by atoms with Gasteiger partial charge in [-0.25, -0.2) is 0 Å². The Morgan fingerprint density at radius 2 is 1.91 bits per heavy atom. The predicted octanol–water partition coefficient (Wildman–Crippen LogP) is 2.40. The molecule has 1 unspecified atom stereocenters. The highest BCUT2D eigenvalue weighted by molar-refractivity contribution is 5.97. The Morgan fingerprint density at radius 3 is 2.48 bits per heavy atom. The second-order valence-corrected chi connectivity index (χ2v) is 6.21. The van der Waals surface area contributed by atoms with Crippen LogP contribution < -0.4 is 11.1 Å². The predicted molar refractivity (Wildman–Crippen MR) is 95.9 cm³/mol. The van der Waals surface area contributed by atoms with E-state index in [4.69, 9.17) is 10.5 Å². The van der Waals surface area contributed by atoms with E-state index in [2.05, 4.69) is 22.3 Å². The number of morpholine rings is 1. The zero-order valence-electron chi connectivity index (χ0n) is 14.0. The van der Waals surface area contributed by atoms with E-state index in [9.17, 15) is 4.79 Å². The van der Waals surface area contributed by atoms with Crippen molar-refractivity contribution in [3.63, 3.8) is 0 Å². The number of anilines is 1. The smallest absolute Gasteiger partial charge is 0.244 e. The average Bonchev–Trinajstić information content (AvgIpc) is 2.50. The molecule has 23 heavy (non-hydrogen) atoms. The molecule has 130 valence electrons. The van der Waals surface area contributed by atoms with Gasteiger partial charge < -0.3 is 15.8 Å². The van der Waals surface area contributed by atoms with Crippen LogP contribution in [0.5, 0.6) is 0 Å². The monoisotopic (exact) mass is 341 g/mol. The molecule has 0 radical (unpaired) electrons. The first kappa shape index (κ1) is 19.9. The van der Waals surface area contributed by atoms with Gasteiger partial charge in [0.05, 0.1) is 18.8 Å². The summed E-state index contributed by atoms with van der Waals surface area (Å²) in [7, 11) is 0. The van der Waals surface area contributed by atoms with Gasteiger partial charge in [0.25, 0.3) is 0 Å². The molecule has 0 bridgehead atoms. The lowest BCUT2D eigenvalue weighted by Gasteiger charge is -2.26. The van der Waals surface area contributed by atoms with E-state index < -0.39 is 5.54 Å². The van der Waals surface area contributed by atoms with Crippen LogP contribution in [-0.4, -0.2) is 42.6 Å². The molecule has 0 spiro atoms. The molecule has 3 N–H and O–H groups in total.